The fourth-order valence-corrected chi connectivity index (χ4v) is 3.67. The zero-order valence-corrected chi connectivity index (χ0v) is 18.5. The Morgan fingerprint density at radius 1 is 0.879 bits per heavy atom. The largest absolute Gasteiger partial charge is 0.459 e. The number of halogens is 1. The number of benzene rings is 3. The fraction of sp³-hybridized carbons (Fsp3) is 0.115. The van der Waals surface area contributed by atoms with Crippen LogP contribution in [0.15, 0.2) is 95.8 Å². The molecule has 0 atom stereocenters. The zero-order valence-electron chi connectivity index (χ0n) is 17.8. The number of esters is 1. The summed E-state index contributed by atoms with van der Waals surface area (Å²) in [4.78, 5) is 30.3. The van der Waals surface area contributed by atoms with Crippen molar-refractivity contribution in [3.05, 3.63) is 118 Å². The Morgan fingerprint density at radius 3 is 2.09 bits per heavy atom. The number of carbonyl (C=O) groups excluding carboxylic acids is 1. The molecule has 0 aliphatic carbocycles. The zero-order chi connectivity index (χ0) is 23.0. The summed E-state index contributed by atoms with van der Waals surface area (Å²) in [7, 11) is 0. The molecule has 1 aromatic heterocycles. The summed E-state index contributed by atoms with van der Waals surface area (Å²) < 4.78 is 6.72. The summed E-state index contributed by atoms with van der Waals surface area (Å²) in [5.41, 5.74) is 2.43. The summed E-state index contributed by atoms with van der Waals surface area (Å²) in [6.45, 7) is 0.216. The van der Waals surface area contributed by atoms with Gasteiger partial charge in [0, 0.05) is 12.1 Å². The van der Waals surface area contributed by atoms with E-state index in [4.69, 9.17) is 16.3 Å². The number of rotatable bonds is 8. The maximum Gasteiger partial charge on any atom is 0.326 e. The van der Waals surface area contributed by atoms with Gasteiger partial charge in [-0.05, 0) is 11.1 Å². The molecule has 7 heteroatoms. The third-order valence-electron chi connectivity index (χ3n) is 5.00. The molecule has 0 aliphatic heterocycles. The Labute approximate surface area is 196 Å². The quantitative estimate of drug-likeness (QED) is 0.379. The number of nitrogens with one attached hydrogen (secondary N) is 1. The van der Waals surface area contributed by atoms with Crippen LogP contribution in [0.4, 0.5) is 5.82 Å². The first-order valence-electron chi connectivity index (χ1n) is 10.4. The summed E-state index contributed by atoms with van der Waals surface area (Å²) in [6.07, 6.45) is 0. The third-order valence-corrected chi connectivity index (χ3v) is 5.27. The lowest BCUT2D eigenvalue weighted by Crippen LogP contribution is -2.30. The van der Waals surface area contributed by atoms with Crippen molar-refractivity contribution in [1.82, 2.24) is 9.55 Å². The Kier molecular flexibility index (Phi) is 7.17. The van der Waals surface area contributed by atoms with Crippen LogP contribution < -0.4 is 10.9 Å². The molecule has 4 aromatic rings. The van der Waals surface area contributed by atoms with Gasteiger partial charge in [-0.25, -0.2) is 4.98 Å². The molecule has 0 aliphatic rings. The summed E-state index contributed by atoms with van der Waals surface area (Å²) in [5, 5.41) is 3.16. The summed E-state index contributed by atoms with van der Waals surface area (Å²) >= 11 is 6.52. The maximum absolute atomic E-state index is 13.3. The number of ether oxygens (including phenoxy) is 1. The SMILES string of the molecule is O=C(Cn1c(-c2ccccc2)c(Cl)nc(NCc2ccccc2)c1=O)OCc1ccccc1. The Hall–Kier alpha value is -3.90. The molecular formula is C26H22ClN3O3. The molecule has 0 saturated carbocycles. The average molecular weight is 460 g/mol. The van der Waals surface area contributed by atoms with Crippen molar-refractivity contribution in [2.45, 2.75) is 19.7 Å². The van der Waals surface area contributed by atoms with Crippen molar-refractivity contribution < 1.29 is 9.53 Å². The van der Waals surface area contributed by atoms with E-state index < -0.39 is 11.5 Å². The standard InChI is InChI=1S/C26H22ClN3O3/c27-24-23(21-14-8-3-9-15-21)30(17-22(31)33-18-20-12-6-2-7-13-20)26(32)25(29-24)28-16-19-10-4-1-5-11-19/h1-15H,16-18H2,(H,28,29). The second-order valence-electron chi connectivity index (χ2n) is 7.34. The number of anilines is 1. The van der Waals surface area contributed by atoms with Gasteiger partial charge < -0.3 is 10.1 Å². The van der Waals surface area contributed by atoms with Crippen molar-refractivity contribution >= 4 is 23.4 Å². The first-order chi connectivity index (χ1) is 16.1. The number of aromatic nitrogens is 2. The van der Waals surface area contributed by atoms with E-state index in [1.54, 1.807) is 0 Å². The van der Waals surface area contributed by atoms with Crippen LogP contribution in [0.1, 0.15) is 11.1 Å². The predicted octanol–water partition coefficient (Wildman–Crippen LogP) is 4.92. The molecule has 33 heavy (non-hydrogen) atoms. The van der Waals surface area contributed by atoms with E-state index in [9.17, 15) is 9.59 Å². The molecule has 6 nitrogen and oxygen atoms in total. The van der Waals surface area contributed by atoms with Gasteiger partial charge >= 0.3 is 5.97 Å². The second kappa shape index (κ2) is 10.6. The van der Waals surface area contributed by atoms with Gasteiger partial charge in [-0.15, -0.1) is 0 Å². The van der Waals surface area contributed by atoms with E-state index >= 15 is 0 Å². The highest BCUT2D eigenvalue weighted by molar-refractivity contribution is 6.32. The first kappa shape index (κ1) is 22.3. The van der Waals surface area contributed by atoms with Crippen LogP contribution in [0.2, 0.25) is 5.15 Å². The van der Waals surface area contributed by atoms with Crippen LogP contribution in [0.25, 0.3) is 11.3 Å². The maximum atomic E-state index is 13.3. The van der Waals surface area contributed by atoms with Gasteiger partial charge in [0.05, 0.1) is 5.69 Å². The Bertz CT molecular complexity index is 1280. The molecule has 4 rings (SSSR count). The molecule has 0 bridgehead atoms. The molecule has 0 unspecified atom stereocenters. The summed E-state index contributed by atoms with van der Waals surface area (Å²) in [5.74, 6) is -0.478. The molecular weight excluding hydrogens is 438 g/mol. The van der Waals surface area contributed by atoms with E-state index in [2.05, 4.69) is 10.3 Å². The van der Waals surface area contributed by atoms with Crippen molar-refractivity contribution in [3.8, 4) is 11.3 Å². The van der Waals surface area contributed by atoms with Crippen LogP contribution in [-0.4, -0.2) is 15.5 Å². The Morgan fingerprint density at radius 2 is 1.45 bits per heavy atom. The highest BCUT2D eigenvalue weighted by Crippen LogP contribution is 2.26. The first-order valence-corrected chi connectivity index (χ1v) is 10.8. The molecule has 0 spiro atoms. The number of hydrogen-bond donors (Lipinski definition) is 1. The minimum Gasteiger partial charge on any atom is -0.459 e. The molecule has 3 aromatic carbocycles. The van der Waals surface area contributed by atoms with E-state index in [0.717, 1.165) is 11.1 Å². The minimum atomic E-state index is -0.547. The molecule has 0 radical (unpaired) electrons. The van der Waals surface area contributed by atoms with E-state index in [-0.39, 0.29) is 24.1 Å². The van der Waals surface area contributed by atoms with Gasteiger partial charge in [-0.1, -0.05) is 103 Å². The van der Waals surface area contributed by atoms with Crippen LogP contribution in [0, 0.1) is 0 Å². The van der Waals surface area contributed by atoms with Crippen LogP contribution in [0.5, 0.6) is 0 Å². The topological polar surface area (TPSA) is 73.2 Å². The van der Waals surface area contributed by atoms with E-state index in [0.29, 0.717) is 17.8 Å². The molecule has 0 fully saturated rings. The molecule has 1 heterocycles. The molecule has 0 saturated heterocycles. The second-order valence-corrected chi connectivity index (χ2v) is 7.70. The number of carbonyl (C=O) groups is 1. The minimum absolute atomic E-state index is 0.0689. The van der Waals surface area contributed by atoms with E-state index in [1.165, 1.54) is 4.57 Å². The van der Waals surface area contributed by atoms with Crippen LogP contribution in [-0.2, 0) is 29.2 Å². The van der Waals surface area contributed by atoms with Crippen molar-refractivity contribution in [2.75, 3.05) is 5.32 Å². The van der Waals surface area contributed by atoms with Crippen molar-refractivity contribution in [1.29, 1.82) is 0 Å². The lowest BCUT2D eigenvalue weighted by atomic mass is 10.1. The number of hydrogen-bond acceptors (Lipinski definition) is 5. The monoisotopic (exact) mass is 459 g/mol. The van der Waals surface area contributed by atoms with Gasteiger partial charge in [-0.2, -0.15) is 0 Å². The van der Waals surface area contributed by atoms with E-state index in [1.807, 2.05) is 91.0 Å². The lowest BCUT2D eigenvalue weighted by molar-refractivity contribution is -0.145. The summed E-state index contributed by atoms with van der Waals surface area (Å²) in [6, 6.07) is 28.1. The molecule has 0 amide bonds. The molecule has 166 valence electrons. The third kappa shape index (κ3) is 5.67. The van der Waals surface area contributed by atoms with Crippen LogP contribution in [0.3, 0.4) is 0 Å². The van der Waals surface area contributed by atoms with Gasteiger partial charge in [0.1, 0.15) is 13.2 Å². The smallest absolute Gasteiger partial charge is 0.326 e. The normalized spacial score (nSPS) is 10.6. The fourth-order valence-electron chi connectivity index (χ4n) is 3.37. The van der Waals surface area contributed by atoms with Crippen molar-refractivity contribution in [3.63, 3.8) is 0 Å². The van der Waals surface area contributed by atoms with Crippen molar-refractivity contribution in [2.24, 2.45) is 0 Å². The van der Waals surface area contributed by atoms with Gasteiger partial charge in [0.25, 0.3) is 5.56 Å². The van der Waals surface area contributed by atoms with Crippen LogP contribution >= 0.6 is 11.6 Å². The highest BCUT2D eigenvalue weighted by Gasteiger charge is 2.19. The van der Waals surface area contributed by atoms with Gasteiger partial charge in [-0.3, -0.25) is 14.2 Å². The number of nitrogens with zero attached hydrogens (tertiary/aromatic N) is 2. The average Bonchev–Trinajstić information content (AvgIpc) is 2.86. The highest BCUT2D eigenvalue weighted by atomic mass is 35.5. The van der Waals surface area contributed by atoms with Gasteiger partial charge in [0.15, 0.2) is 11.0 Å². The predicted molar refractivity (Wildman–Crippen MR) is 129 cm³/mol. The molecule has 1 N–H and O–H groups in total. The van der Waals surface area contributed by atoms with Gasteiger partial charge in [0.2, 0.25) is 0 Å². The Balaban J connectivity index is 1.63. The lowest BCUT2D eigenvalue weighted by Gasteiger charge is -2.16.